The minimum atomic E-state index is -0.810. The fourth-order valence-corrected chi connectivity index (χ4v) is 2.80. The summed E-state index contributed by atoms with van der Waals surface area (Å²) in [5.74, 6) is -1.29. The van der Waals surface area contributed by atoms with Gasteiger partial charge in [0.25, 0.3) is 5.88 Å². The second kappa shape index (κ2) is 8.22. The lowest BCUT2D eigenvalue weighted by Gasteiger charge is -2.06. The van der Waals surface area contributed by atoms with Gasteiger partial charge in [-0.2, -0.15) is 0 Å². The molecule has 31 heavy (non-hydrogen) atoms. The van der Waals surface area contributed by atoms with Crippen LogP contribution in [0.4, 0.5) is 14.5 Å². The number of methoxy groups -OCH3 is 1. The fourth-order valence-electron chi connectivity index (χ4n) is 2.80. The minimum absolute atomic E-state index is 0.0307. The quantitative estimate of drug-likeness (QED) is 0.508. The van der Waals surface area contributed by atoms with Crippen LogP contribution in [0.15, 0.2) is 59.7 Å². The van der Waals surface area contributed by atoms with Crippen molar-refractivity contribution in [3.05, 3.63) is 77.0 Å². The predicted octanol–water partition coefficient (Wildman–Crippen LogP) is 2.61. The van der Waals surface area contributed by atoms with Crippen LogP contribution >= 0.6 is 0 Å². The summed E-state index contributed by atoms with van der Waals surface area (Å²) in [6.07, 6.45) is 2.71. The minimum Gasteiger partial charge on any atom is -0.497 e. The molecule has 2 aromatic carbocycles. The number of anilines is 1. The third kappa shape index (κ3) is 4.20. The monoisotopic (exact) mass is 427 g/mol. The lowest BCUT2D eigenvalue weighted by atomic mass is 10.3. The molecule has 0 unspecified atom stereocenters. The van der Waals surface area contributed by atoms with Crippen LogP contribution in [0.1, 0.15) is 0 Å². The molecule has 0 bridgehead atoms. The normalized spacial score (nSPS) is 10.8. The summed E-state index contributed by atoms with van der Waals surface area (Å²) in [6.45, 7) is -0.533. The molecule has 1 amide bonds. The Bertz CT molecular complexity index is 1330. The van der Waals surface area contributed by atoms with Crippen LogP contribution in [-0.2, 0) is 11.3 Å². The lowest BCUT2D eigenvalue weighted by molar-refractivity contribution is -0.117. The molecule has 4 rings (SSSR count). The Morgan fingerprint density at radius 1 is 1.16 bits per heavy atom. The average molecular weight is 427 g/mol. The van der Waals surface area contributed by atoms with Crippen LogP contribution in [0, 0.1) is 11.6 Å². The number of carbonyl (C=O) groups is 1. The highest BCUT2D eigenvalue weighted by atomic mass is 19.1. The second-order valence-electron chi connectivity index (χ2n) is 6.32. The molecule has 0 aliphatic carbocycles. The molecule has 11 heteroatoms. The van der Waals surface area contributed by atoms with Crippen molar-refractivity contribution in [2.45, 2.75) is 6.54 Å². The van der Waals surface area contributed by atoms with Gasteiger partial charge in [0.05, 0.1) is 12.8 Å². The van der Waals surface area contributed by atoms with Crippen LogP contribution in [0.25, 0.3) is 5.65 Å². The third-order valence-corrected chi connectivity index (χ3v) is 4.22. The molecule has 0 aliphatic heterocycles. The van der Waals surface area contributed by atoms with Crippen LogP contribution in [0.3, 0.4) is 0 Å². The molecule has 0 spiro atoms. The highest BCUT2D eigenvalue weighted by Gasteiger charge is 2.17. The molecule has 0 saturated carbocycles. The van der Waals surface area contributed by atoms with Crippen molar-refractivity contribution in [2.75, 3.05) is 12.4 Å². The summed E-state index contributed by atoms with van der Waals surface area (Å²) in [5.41, 5.74) is -0.909. The van der Waals surface area contributed by atoms with E-state index in [1.807, 2.05) is 0 Å². The second-order valence-corrected chi connectivity index (χ2v) is 6.32. The van der Waals surface area contributed by atoms with E-state index in [4.69, 9.17) is 9.47 Å². The maximum atomic E-state index is 13.7. The van der Waals surface area contributed by atoms with Gasteiger partial charge >= 0.3 is 5.69 Å². The maximum absolute atomic E-state index is 13.7. The van der Waals surface area contributed by atoms with Crippen LogP contribution in [0.2, 0.25) is 0 Å². The third-order valence-electron chi connectivity index (χ3n) is 4.22. The van der Waals surface area contributed by atoms with Crippen molar-refractivity contribution in [3.8, 4) is 17.4 Å². The molecule has 2 aromatic heterocycles. The Kier molecular flexibility index (Phi) is 5.31. The molecule has 0 atom stereocenters. The number of carbonyl (C=O) groups excluding carboxylic acids is 1. The van der Waals surface area contributed by atoms with Crippen molar-refractivity contribution in [2.24, 2.45) is 0 Å². The Morgan fingerprint density at radius 2 is 1.97 bits per heavy atom. The molecular formula is C20H15F2N5O4. The molecule has 0 fully saturated rings. The number of nitrogens with zero attached hydrogens (tertiary/aromatic N) is 4. The van der Waals surface area contributed by atoms with E-state index in [0.29, 0.717) is 11.5 Å². The van der Waals surface area contributed by atoms with Gasteiger partial charge in [-0.1, -0.05) is 6.07 Å². The van der Waals surface area contributed by atoms with Gasteiger partial charge in [-0.15, -0.1) is 5.10 Å². The van der Waals surface area contributed by atoms with E-state index in [1.54, 1.807) is 24.3 Å². The van der Waals surface area contributed by atoms with E-state index < -0.39 is 29.8 Å². The molecule has 0 aliphatic rings. The Hall–Kier alpha value is -4.28. The Labute approximate surface area is 173 Å². The zero-order valence-corrected chi connectivity index (χ0v) is 16.1. The van der Waals surface area contributed by atoms with Gasteiger partial charge in [-0.25, -0.2) is 27.6 Å². The smallest absolute Gasteiger partial charge is 0.351 e. The van der Waals surface area contributed by atoms with Crippen molar-refractivity contribution in [3.63, 3.8) is 0 Å². The zero-order valence-electron chi connectivity index (χ0n) is 16.1. The highest BCUT2D eigenvalue weighted by Crippen LogP contribution is 2.25. The topological polar surface area (TPSA) is 99.8 Å². The molecule has 2 heterocycles. The summed E-state index contributed by atoms with van der Waals surface area (Å²) < 4.78 is 39.9. The molecule has 0 radical (unpaired) electrons. The van der Waals surface area contributed by atoms with E-state index in [2.05, 4.69) is 15.4 Å². The first-order chi connectivity index (χ1) is 14.9. The SMILES string of the molecule is COc1cccc(Oc2nccn3c(=O)n(CC(=O)Nc4cc(F)ccc4F)nc23)c1. The number of benzene rings is 2. The van der Waals surface area contributed by atoms with Crippen molar-refractivity contribution >= 4 is 17.2 Å². The van der Waals surface area contributed by atoms with E-state index in [0.717, 1.165) is 27.3 Å². The van der Waals surface area contributed by atoms with E-state index in [9.17, 15) is 18.4 Å². The van der Waals surface area contributed by atoms with Gasteiger partial charge in [0.2, 0.25) is 11.6 Å². The maximum Gasteiger partial charge on any atom is 0.351 e. The number of hydrogen-bond donors (Lipinski definition) is 1. The van der Waals surface area contributed by atoms with Crippen molar-refractivity contribution in [1.82, 2.24) is 19.2 Å². The summed E-state index contributed by atoms with van der Waals surface area (Å²) in [4.78, 5) is 28.9. The van der Waals surface area contributed by atoms with E-state index in [-0.39, 0.29) is 17.2 Å². The first-order valence-corrected chi connectivity index (χ1v) is 8.95. The molecule has 9 nitrogen and oxygen atoms in total. The number of amides is 1. The van der Waals surface area contributed by atoms with Gasteiger partial charge in [-0.3, -0.25) is 4.79 Å². The average Bonchev–Trinajstić information content (AvgIpc) is 3.07. The molecule has 158 valence electrons. The first kappa shape index (κ1) is 20.0. The van der Waals surface area contributed by atoms with Crippen LogP contribution in [0.5, 0.6) is 17.4 Å². The van der Waals surface area contributed by atoms with E-state index >= 15 is 0 Å². The molecular weight excluding hydrogens is 412 g/mol. The standard InChI is InChI=1S/C20H15F2N5O4/c1-30-13-3-2-4-14(10-13)31-19-18-25-27(20(29)26(18)8-7-23-19)11-17(28)24-16-9-12(21)5-6-15(16)22/h2-10H,11H2,1H3,(H,24,28). The Morgan fingerprint density at radius 3 is 2.77 bits per heavy atom. The number of fused-ring (bicyclic) bond motifs is 1. The summed E-state index contributed by atoms with van der Waals surface area (Å²) in [5, 5.41) is 6.31. The van der Waals surface area contributed by atoms with Crippen LogP contribution < -0.4 is 20.5 Å². The largest absolute Gasteiger partial charge is 0.497 e. The van der Waals surface area contributed by atoms with Crippen LogP contribution in [-0.4, -0.2) is 32.2 Å². The van der Waals surface area contributed by atoms with Gasteiger partial charge < -0.3 is 14.8 Å². The van der Waals surface area contributed by atoms with Crippen molar-refractivity contribution in [1.29, 1.82) is 0 Å². The summed E-state index contributed by atoms with van der Waals surface area (Å²) in [7, 11) is 1.51. The number of hydrogen-bond acceptors (Lipinski definition) is 6. The van der Waals surface area contributed by atoms with Gasteiger partial charge in [0.15, 0.2) is 0 Å². The zero-order chi connectivity index (χ0) is 22.0. The van der Waals surface area contributed by atoms with Crippen molar-refractivity contribution < 1.29 is 23.0 Å². The highest BCUT2D eigenvalue weighted by molar-refractivity contribution is 5.90. The van der Waals surface area contributed by atoms with Gasteiger partial charge in [0.1, 0.15) is 29.7 Å². The number of rotatable bonds is 6. The number of ether oxygens (including phenoxy) is 2. The summed E-state index contributed by atoms with van der Waals surface area (Å²) in [6, 6.07) is 9.40. The predicted molar refractivity (Wildman–Crippen MR) is 105 cm³/mol. The molecule has 1 N–H and O–H groups in total. The van der Waals surface area contributed by atoms with E-state index in [1.165, 1.54) is 19.5 Å². The molecule has 0 saturated heterocycles. The first-order valence-electron chi connectivity index (χ1n) is 8.95. The van der Waals surface area contributed by atoms with Gasteiger partial charge in [0, 0.05) is 24.5 Å². The number of halogens is 2. The molecule has 4 aromatic rings. The fraction of sp³-hybridized carbons (Fsp3) is 0.100. The van der Waals surface area contributed by atoms with Gasteiger partial charge in [-0.05, 0) is 24.3 Å². The summed E-state index contributed by atoms with van der Waals surface area (Å²) >= 11 is 0. The number of nitrogens with one attached hydrogen (secondary N) is 1. The Balaban J connectivity index is 1.60. The lowest BCUT2D eigenvalue weighted by Crippen LogP contribution is -2.28. The number of aromatic nitrogens is 4.